The molecule has 0 amide bonds. The van der Waals surface area contributed by atoms with E-state index in [1.54, 1.807) is 24.3 Å². The van der Waals surface area contributed by atoms with Crippen LogP contribution in [0.25, 0.3) is 0 Å². The van der Waals surface area contributed by atoms with Gasteiger partial charge in [-0.15, -0.1) is 0 Å². The topological polar surface area (TPSA) is 118 Å². The van der Waals surface area contributed by atoms with Gasteiger partial charge in [-0.25, -0.2) is 4.79 Å². The number of nitrogen functional groups attached to an aromatic ring is 1. The lowest BCUT2D eigenvalue weighted by molar-refractivity contribution is -0.138. The molecular formula is C26H28IN3O4. The Morgan fingerprint density at radius 1 is 1.12 bits per heavy atom. The summed E-state index contributed by atoms with van der Waals surface area (Å²) in [5.41, 5.74) is 9.25. The largest absolute Gasteiger partial charge is 0.491 e. The van der Waals surface area contributed by atoms with Crippen molar-refractivity contribution in [2.45, 2.75) is 26.0 Å². The zero-order valence-electron chi connectivity index (χ0n) is 18.9. The van der Waals surface area contributed by atoms with Gasteiger partial charge in [-0.05, 0) is 76.5 Å². The minimum atomic E-state index is -1.02. The summed E-state index contributed by atoms with van der Waals surface area (Å²) in [5.74, 6) is -0.506. The van der Waals surface area contributed by atoms with Crippen LogP contribution in [0, 0.1) is 8.98 Å². The molecule has 0 heterocycles. The Morgan fingerprint density at radius 2 is 1.82 bits per heavy atom. The van der Waals surface area contributed by atoms with E-state index < -0.39 is 12.0 Å². The van der Waals surface area contributed by atoms with Crippen molar-refractivity contribution in [3.8, 4) is 5.75 Å². The lowest BCUT2D eigenvalue weighted by Gasteiger charge is -2.22. The minimum Gasteiger partial charge on any atom is -0.491 e. The molecular weight excluding hydrogens is 545 g/mol. The van der Waals surface area contributed by atoms with Crippen molar-refractivity contribution >= 4 is 40.1 Å². The highest BCUT2D eigenvalue weighted by molar-refractivity contribution is 14.1. The van der Waals surface area contributed by atoms with Crippen molar-refractivity contribution in [3.05, 3.63) is 92.6 Å². The number of carboxylic acids is 1. The maximum Gasteiger partial charge on any atom is 0.330 e. The predicted molar refractivity (Wildman–Crippen MR) is 142 cm³/mol. The lowest BCUT2D eigenvalue weighted by Crippen LogP contribution is -2.22. The van der Waals surface area contributed by atoms with E-state index in [1.807, 2.05) is 49.4 Å². The molecule has 3 rings (SSSR count). The second kappa shape index (κ2) is 12.4. The number of hydrogen-bond acceptors (Lipinski definition) is 5. The first-order chi connectivity index (χ1) is 16.4. The van der Waals surface area contributed by atoms with Crippen LogP contribution in [0.15, 0.2) is 66.7 Å². The van der Waals surface area contributed by atoms with Crippen LogP contribution in [0.1, 0.15) is 35.2 Å². The smallest absolute Gasteiger partial charge is 0.330 e. The molecule has 178 valence electrons. The Morgan fingerprint density at radius 3 is 2.44 bits per heavy atom. The van der Waals surface area contributed by atoms with Gasteiger partial charge >= 0.3 is 5.97 Å². The molecule has 0 saturated carbocycles. The summed E-state index contributed by atoms with van der Waals surface area (Å²) < 4.78 is 12.7. The molecule has 5 N–H and O–H groups in total. The zero-order chi connectivity index (χ0) is 24.5. The van der Waals surface area contributed by atoms with E-state index >= 15 is 0 Å². The van der Waals surface area contributed by atoms with Crippen molar-refractivity contribution in [2.24, 2.45) is 5.73 Å². The third kappa shape index (κ3) is 6.94. The summed E-state index contributed by atoms with van der Waals surface area (Å²) in [4.78, 5) is 12.3. The molecule has 3 aromatic carbocycles. The Bertz CT molecular complexity index is 1120. The Balaban J connectivity index is 1.77. The molecule has 0 radical (unpaired) electrons. The van der Waals surface area contributed by atoms with Crippen LogP contribution in [0.4, 0.5) is 5.69 Å². The van der Waals surface area contributed by atoms with Gasteiger partial charge in [0.05, 0.1) is 13.2 Å². The number of benzene rings is 3. The number of nitrogens with one attached hydrogen (secondary N) is 2. The predicted octanol–water partition coefficient (Wildman–Crippen LogP) is 4.97. The lowest BCUT2D eigenvalue weighted by atomic mass is 10.00. The molecule has 1 unspecified atom stereocenters. The first-order valence-electron chi connectivity index (χ1n) is 10.9. The van der Waals surface area contributed by atoms with Crippen molar-refractivity contribution in [3.63, 3.8) is 0 Å². The van der Waals surface area contributed by atoms with Gasteiger partial charge in [0.2, 0.25) is 0 Å². The first kappa shape index (κ1) is 25.5. The number of halogens is 1. The molecule has 7 nitrogen and oxygen atoms in total. The zero-order valence-corrected chi connectivity index (χ0v) is 21.0. The van der Waals surface area contributed by atoms with Crippen LogP contribution in [-0.4, -0.2) is 30.1 Å². The number of ether oxygens (including phenoxy) is 2. The number of nitrogens with two attached hydrogens (primary N) is 1. The van der Waals surface area contributed by atoms with Crippen LogP contribution in [-0.2, 0) is 22.6 Å². The maximum atomic E-state index is 12.3. The third-order valence-electron chi connectivity index (χ3n) is 5.19. The fourth-order valence-electron chi connectivity index (χ4n) is 3.48. The van der Waals surface area contributed by atoms with E-state index in [4.69, 9.17) is 20.6 Å². The Kier molecular flexibility index (Phi) is 9.29. The number of rotatable bonds is 12. The fraction of sp³-hybridized carbons (Fsp3) is 0.231. The standard InChI is InChI=1S/C26H28IN3O4/c1-2-18-14-20(27)15-22(24(18)34-13-12-33-16-17-6-4-3-5-7-17)23(26(31)32)30-21-10-8-19(9-11-21)25(28)29/h3-11,14-15,23,30H,2,12-13,16H2,1H3,(H3,28,29)(H,31,32). The monoisotopic (exact) mass is 573 g/mol. The molecule has 34 heavy (non-hydrogen) atoms. The van der Waals surface area contributed by atoms with Crippen LogP contribution in [0.3, 0.4) is 0 Å². The van der Waals surface area contributed by atoms with E-state index in [2.05, 4.69) is 27.9 Å². The van der Waals surface area contributed by atoms with Crippen LogP contribution in [0.5, 0.6) is 5.75 Å². The van der Waals surface area contributed by atoms with E-state index in [9.17, 15) is 9.90 Å². The highest BCUT2D eigenvalue weighted by Crippen LogP contribution is 2.34. The normalized spacial score (nSPS) is 11.6. The molecule has 0 aliphatic rings. The summed E-state index contributed by atoms with van der Waals surface area (Å²) in [7, 11) is 0. The molecule has 0 aliphatic heterocycles. The van der Waals surface area contributed by atoms with Crippen LogP contribution < -0.4 is 15.8 Å². The quantitative estimate of drug-likeness (QED) is 0.105. The van der Waals surface area contributed by atoms with Crippen molar-refractivity contribution < 1.29 is 19.4 Å². The highest BCUT2D eigenvalue weighted by atomic mass is 127. The van der Waals surface area contributed by atoms with E-state index in [-0.39, 0.29) is 5.84 Å². The van der Waals surface area contributed by atoms with E-state index in [1.165, 1.54) is 0 Å². The molecule has 1 atom stereocenters. The second-order valence-electron chi connectivity index (χ2n) is 7.63. The summed E-state index contributed by atoms with van der Waals surface area (Å²) in [5, 5.41) is 20.6. The van der Waals surface area contributed by atoms with Crippen molar-refractivity contribution in [1.82, 2.24) is 0 Å². The number of carboxylic acid groups (broad SMARTS) is 1. The van der Waals surface area contributed by atoms with Gasteiger partial charge in [-0.3, -0.25) is 5.41 Å². The van der Waals surface area contributed by atoms with Crippen molar-refractivity contribution in [1.29, 1.82) is 5.41 Å². The maximum absolute atomic E-state index is 12.3. The number of aryl methyl sites for hydroxylation is 1. The number of aliphatic carboxylic acids is 1. The fourth-order valence-corrected chi connectivity index (χ4v) is 4.19. The number of amidine groups is 1. The molecule has 0 aromatic heterocycles. The molecule has 0 spiro atoms. The Hall–Kier alpha value is -3.11. The van der Waals surface area contributed by atoms with E-state index in [0.29, 0.717) is 48.8 Å². The van der Waals surface area contributed by atoms with Gasteiger partial charge in [0.25, 0.3) is 0 Å². The summed E-state index contributed by atoms with van der Waals surface area (Å²) in [6.07, 6.45) is 0.698. The molecule has 0 fully saturated rings. The third-order valence-corrected chi connectivity index (χ3v) is 5.81. The molecule has 3 aromatic rings. The van der Waals surface area contributed by atoms with Gasteiger partial charge < -0.3 is 25.6 Å². The van der Waals surface area contributed by atoms with Gasteiger partial charge in [0, 0.05) is 20.4 Å². The molecule has 0 saturated heterocycles. The second-order valence-corrected chi connectivity index (χ2v) is 8.88. The number of carbonyl (C=O) groups is 1. The van der Waals surface area contributed by atoms with Gasteiger partial charge in [-0.2, -0.15) is 0 Å². The average Bonchev–Trinajstić information content (AvgIpc) is 2.83. The number of hydrogen-bond donors (Lipinski definition) is 4. The van der Waals surface area contributed by atoms with Gasteiger partial charge in [0.15, 0.2) is 6.04 Å². The molecule has 8 heteroatoms. The van der Waals surface area contributed by atoms with Crippen molar-refractivity contribution in [2.75, 3.05) is 18.5 Å². The first-order valence-corrected chi connectivity index (χ1v) is 12.0. The minimum absolute atomic E-state index is 0.0447. The summed E-state index contributed by atoms with van der Waals surface area (Å²) >= 11 is 2.19. The molecule has 0 aliphatic carbocycles. The molecule has 0 bridgehead atoms. The van der Waals surface area contributed by atoms with Gasteiger partial charge in [0.1, 0.15) is 18.2 Å². The van der Waals surface area contributed by atoms with E-state index in [0.717, 1.165) is 14.7 Å². The summed E-state index contributed by atoms with van der Waals surface area (Å²) in [6.45, 7) is 3.17. The average molecular weight is 573 g/mol. The SMILES string of the molecule is CCc1cc(I)cc(C(Nc2ccc(C(=N)N)cc2)C(=O)O)c1OCCOCc1ccccc1. The summed E-state index contributed by atoms with van der Waals surface area (Å²) in [6, 6.07) is 19.5. The van der Waals surface area contributed by atoms with Crippen LogP contribution in [0.2, 0.25) is 0 Å². The highest BCUT2D eigenvalue weighted by Gasteiger charge is 2.26. The Labute approximate surface area is 212 Å². The van der Waals surface area contributed by atoms with Crippen LogP contribution >= 0.6 is 22.6 Å². The van der Waals surface area contributed by atoms with Gasteiger partial charge in [-0.1, -0.05) is 37.3 Å². The number of anilines is 1.